The van der Waals surface area contributed by atoms with Crippen molar-refractivity contribution in [1.29, 1.82) is 0 Å². The van der Waals surface area contributed by atoms with Gasteiger partial charge in [0, 0.05) is 16.5 Å². The fraction of sp³-hybridized carbons (Fsp3) is 0.0800. The van der Waals surface area contributed by atoms with Crippen LogP contribution in [0.3, 0.4) is 0 Å². The molecule has 8 aromatic carbocycles. The fourth-order valence-corrected chi connectivity index (χ4v) is 8.58. The van der Waals surface area contributed by atoms with Crippen molar-refractivity contribution in [2.45, 2.75) is 26.2 Å². The van der Waals surface area contributed by atoms with E-state index in [-0.39, 0.29) is 5.41 Å². The monoisotopic (exact) mass is 664 g/mol. The maximum atomic E-state index is 5.35. The molecule has 1 heterocycles. The van der Waals surface area contributed by atoms with Crippen molar-refractivity contribution < 1.29 is 0 Å². The number of fused-ring (bicyclic) bond motifs is 6. The Morgan fingerprint density at radius 1 is 0.385 bits per heavy atom. The molecule has 1 aliphatic rings. The molecule has 0 amide bonds. The van der Waals surface area contributed by atoms with Gasteiger partial charge in [-0.25, -0.2) is 9.97 Å². The van der Waals surface area contributed by atoms with Crippen LogP contribution in [0.15, 0.2) is 164 Å². The number of hydrogen-bond acceptors (Lipinski definition) is 2. The smallest absolute Gasteiger partial charge is 0.0973 e. The lowest BCUT2D eigenvalue weighted by molar-refractivity contribution is 0.660. The van der Waals surface area contributed by atoms with Gasteiger partial charge in [-0.3, -0.25) is 0 Å². The van der Waals surface area contributed by atoms with Crippen LogP contribution in [0.1, 0.15) is 30.5 Å². The minimum Gasteiger partial charge on any atom is -0.244 e. The summed E-state index contributed by atoms with van der Waals surface area (Å²) in [6.07, 6.45) is 0. The molecule has 0 saturated heterocycles. The lowest BCUT2D eigenvalue weighted by Crippen LogP contribution is -2.14. The second-order valence-electron chi connectivity index (χ2n) is 14.6. The minimum atomic E-state index is -0.0749. The van der Waals surface area contributed by atoms with Crippen LogP contribution in [0, 0.1) is 6.92 Å². The van der Waals surface area contributed by atoms with Crippen molar-refractivity contribution in [1.82, 2.24) is 9.97 Å². The molecule has 0 atom stereocenters. The third-order valence-electron chi connectivity index (χ3n) is 11.1. The van der Waals surface area contributed by atoms with Gasteiger partial charge in [-0.05, 0) is 91.2 Å². The first-order valence-electron chi connectivity index (χ1n) is 18.1. The van der Waals surface area contributed by atoms with E-state index in [2.05, 4.69) is 172 Å². The summed E-state index contributed by atoms with van der Waals surface area (Å²) in [5.41, 5.74) is 17.2. The molecule has 0 saturated carbocycles. The molecule has 0 N–H and O–H groups in total. The summed E-state index contributed by atoms with van der Waals surface area (Å²) in [6.45, 7) is 6.92. The van der Waals surface area contributed by atoms with Crippen molar-refractivity contribution in [2.75, 3.05) is 0 Å². The number of nitrogens with zero attached hydrogens (tertiary/aromatic N) is 2. The number of rotatable bonds is 4. The van der Waals surface area contributed by atoms with E-state index in [4.69, 9.17) is 9.97 Å². The first-order valence-corrected chi connectivity index (χ1v) is 18.1. The number of benzene rings is 8. The van der Waals surface area contributed by atoms with E-state index in [9.17, 15) is 0 Å². The molecule has 0 bridgehead atoms. The largest absolute Gasteiger partial charge is 0.244 e. The van der Waals surface area contributed by atoms with E-state index in [0.717, 1.165) is 39.1 Å². The van der Waals surface area contributed by atoms with Gasteiger partial charge in [0.15, 0.2) is 0 Å². The molecule has 0 aliphatic heterocycles. The van der Waals surface area contributed by atoms with Gasteiger partial charge in [-0.2, -0.15) is 0 Å². The molecule has 0 unspecified atom stereocenters. The SMILES string of the molecule is Cc1ccc2c(-c3ccc4nc(-c5ccccc5)c(-c5ccccc5)nc4c3)c3ccccc3c(-c3ccc4c(c3)C(C)(C)c3ccccc3-4)c2c1. The highest BCUT2D eigenvalue weighted by Gasteiger charge is 2.35. The molecule has 52 heavy (non-hydrogen) atoms. The Kier molecular flexibility index (Phi) is 6.78. The Morgan fingerprint density at radius 3 is 1.63 bits per heavy atom. The minimum absolute atomic E-state index is 0.0749. The molecule has 0 fully saturated rings. The summed E-state index contributed by atoms with van der Waals surface area (Å²) in [5, 5.41) is 4.98. The summed E-state index contributed by atoms with van der Waals surface area (Å²) < 4.78 is 0. The Hall–Kier alpha value is -6.38. The van der Waals surface area contributed by atoms with Gasteiger partial charge in [-0.15, -0.1) is 0 Å². The van der Waals surface area contributed by atoms with Crippen LogP contribution in [0.2, 0.25) is 0 Å². The van der Waals surface area contributed by atoms with Crippen molar-refractivity contribution in [2.24, 2.45) is 0 Å². The standard InChI is InChI=1S/C50H36N2/c1-31-22-25-40-41(28-31)47(34-23-26-37-36-18-12-13-21-42(36)50(2,3)43(37)29-34)39-20-11-10-19-38(39)46(40)35-24-27-44-45(30-35)52-49(33-16-8-5-9-17-33)48(51-44)32-14-6-4-7-15-32/h4-30H,1-3H3. The van der Waals surface area contributed by atoms with E-state index in [0.29, 0.717) is 0 Å². The number of aromatic nitrogens is 2. The van der Waals surface area contributed by atoms with Gasteiger partial charge < -0.3 is 0 Å². The molecular weight excluding hydrogens is 629 g/mol. The molecule has 10 rings (SSSR count). The topological polar surface area (TPSA) is 25.8 Å². The Bertz CT molecular complexity index is 2870. The van der Waals surface area contributed by atoms with Crippen molar-refractivity contribution in [3.8, 4) is 55.9 Å². The molecule has 2 heteroatoms. The Balaban J connectivity index is 1.22. The van der Waals surface area contributed by atoms with Crippen molar-refractivity contribution >= 4 is 32.6 Å². The molecule has 1 aromatic heterocycles. The zero-order chi connectivity index (χ0) is 35.0. The van der Waals surface area contributed by atoms with E-state index < -0.39 is 0 Å². The van der Waals surface area contributed by atoms with Crippen LogP contribution >= 0.6 is 0 Å². The molecule has 1 aliphatic carbocycles. The highest BCUT2D eigenvalue weighted by Crippen LogP contribution is 2.51. The van der Waals surface area contributed by atoms with Crippen LogP contribution < -0.4 is 0 Å². The zero-order valence-electron chi connectivity index (χ0n) is 29.5. The second-order valence-corrected chi connectivity index (χ2v) is 14.6. The van der Waals surface area contributed by atoms with E-state index in [1.165, 1.54) is 66.1 Å². The van der Waals surface area contributed by atoms with E-state index >= 15 is 0 Å². The molecule has 246 valence electrons. The predicted octanol–water partition coefficient (Wildman–Crippen LogP) is 13.2. The Morgan fingerprint density at radius 2 is 0.923 bits per heavy atom. The van der Waals surface area contributed by atoms with Gasteiger partial charge in [0.1, 0.15) is 0 Å². The lowest BCUT2D eigenvalue weighted by atomic mass is 9.80. The summed E-state index contributed by atoms with van der Waals surface area (Å²) >= 11 is 0. The first-order chi connectivity index (χ1) is 25.5. The zero-order valence-corrected chi connectivity index (χ0v) is 29.5. The maximum Gasteiger partial charge on any atom is 0.0973 e. The molecular formula is C50H36N2. The highest BCUT2D eigenvalue weighted by atomic mass is 14.8. The van der Waals surface area contributed by atoms with E-state index in [1.807, 2.05) is 12.1 Å². The van der Waals surface area contributed by atoms with Crippen LogP contribution in [-0.4, -0.2) is 9.97 Å². The summed E-state index contributed by atoms with van der Waals surface area (Å²) in [5.74, 6) is 0. The molecule has 9 aromatic rings. The number of aryl methyl sites for hydroxylation is 1. The first kappa shape index (κ1) is 30.4. The third-order valence-corrected chi connectivity index (χ3v) is 11.1. The van der Waals surface area contributed by atoms with Gasteiger partial charge in [0.05, 0.1) is 22.4 Å². The van der Waals surface area contributed by atoms with Gasteiger partial charge in [0.2, 0.25) is 0 Å². The molecule has 0 radical (unpaired) electrons. The van der Waals surface area contributed by atoms with Gasteiger partial charge >= 0.3 is 0 Å². The summed E-state index contributed by atoms with van der Waals surface area (Å²) in [4.78, 5) is 10.6. The van der Waals surface area contributed by atoms with Gasteiger partial charge in [0.25, 0.3) is 0 Å². The predicted molar refractivity (Wildman–Crippen MR) is 219 cm³/mol. The average molecular weight is 665 g/mol. The quantitative estimate of drug-likeness (QED) is 0.175. The second kappa shape index (κ2) is 11.6. The van der Waals surface area contributed by atoms with Gasteiger partial charge in [-0.1, -0.05) is 165 Å². The van der Waals surface area contributed by atoms with Crippen molar-refractivity contribution in [3.05, 3.63) is 180 Å². The lowest BCUT2D eigenvalue weighted by Gasteiger charge is -2.23. The number of hydrogen-bond donors (Lipinski definition) is 0. The fourth-order valence-electron chi connectivity index (χ4n) is 8.58. The van der Waals surface area contributed by atoms with Crippen LogP contribution in [0.5, 0.6) is 0 Å². The molecule has 0 spiro atoms. The molecule has 2 nitrogen and oxygen atoms in total. The Labute approximate surface area is 304 Å². The van der Waals surface area contributed by atoms with E-state index in [1.54, 1.807) is 0 Å². The average Bonchev–Trinajstić information content (AvgIpc) is 3.42. The highest BCUT2D eigenvalue weighted by molar-refractivity contribution is 6.22. The summed E-state index contributed by atoms with van der Waals surface area (Å²) in [7, 11) is 0. The maximum absolute atomic E-state index is 5.35. The normalized spacial score (nSPS) is 13.1. The van der Waals surface area contributed by atoms with Crippen LogP contribution in [-0.2, 0) is 5.41 Å². The third kappa shape index (κ3) is 4.64. The summed E-state index contributed by atoms with van der Waals surface area (Å²) in [6, 6.07) is 59.2. The van der Waals surface area contributed by atoms with Crippen LogP contribution in [0.4, 0.5) is 0 Å². The van der Waals surface area contributed by atoms with Crippen LogP contribution in [0.25, 0.3) is 88.5 Å². The van der Waals surface area contributed by atoms with Crippen molar-refractivity contribution in [3.63, 3.8) is 0 Å².